The zero-order valence-electron chi connectivity index (χ0n) is 9.05. The molecule has 2 atom stereocenters. The maximum Gasteiger partial charge on any atom is 0.120 e. The van der Waals surface area contributed by atoms with Crippen LogP contribution in [0.2, 0.25) is 0 Å². The normalized spacial score (nSPS) is 17.1. The Kier molecular flexibility index (Phi) is 4.51. The van der Waals surface area contributed by atoms with Crippen LogP contribution in [0.4, 0.5) is 0 Å². The molecule has 0 aliphatic carbocycles. The first-order chi connectivity index (χ1) is 5.38. The summed E-state index contributed by atoms with van der Waals surface area (Å²) in [5.41, 5.74) is 0.372. The van der Waals surface area contributed by atoms with Crippen LogP contribution in [0.25, 0.3) is 0 Å². The van der Waals surface area contributed by atoms with Crippen molar-refractivity contribution < 1.29 is 4.79 Å². The summed E-state index contributed by atoms with van der Waals surface area (Å²) in [5, 5.41) is 0. The van der Waals surface area contributed by atoms with Crippen LogP contribution >= 0.6 is 0 Å². The van der Waals surface area contributed by atoms with E-state index < -0.39 is 0 Å². The maximum absolute atomic E-state index is 10.2. The van der Waals surface area contributed by atoms with Crippen LogP contribution < -0.4 is 0 Å². The standard InChI is InChI=1S/C11H22O/c1-9(6-7-12)8-10(2)11(3,4)5/h7,9-10H,6,8H2,1-5H3/t9-,10-/m0/s1. The lowest BCUT2D eigenvalue weighted by molar-refractivity contribution is -0.108. The summed E-state index contributed by atoms with van der Waals surface area (Å²) in [4.78, 5) is 10.2. The summed E-state index contributed by atoms with van der Waals surface area (Å²) < 4.78 is 0. The van der Waals surface area contributed by atoms with Crippen molar-refractivity contribution in [2.45, 2.75) is 47.5 Å². The van der Waals surface area contributed by atoms with Gasteiger partial charge in [0.2, 0.25) is 0 Å². The molecule has 0 aromatic rings. The fraction of sp³-hybridized carbons (Fsp3) is 0.909. The maximum atomic E-state index is 10.2. The zero-order chi connectivity index (χ0) is 9.78. The van der Waals surface area contributed by atoms with E-state index in [0.29, 0.717) is 23.7 Å². The van der Waals surface area contributed by atoms with Gasteiger partial charge in [-0.25, -0.2) is 0 Å². The summed E-state index contributed by atoms with van der Waals surface area (Å²) >= 11 is 0. The van der Waals surface area contributed by atoms with Crippen LogP contribution in [-0.4, -0.2) is 6.29 Å². The van der Waals surface area contributed by atoms with Crippen molar-refractivity contribution in [2.75, 3.05) is 0 Å². The first-order valence-electron chi connectivity index (χ1n) is 4.81. The highest BCUT2D eigenvalue weighted by Crippen LogP contribution is 2.31. The van der Waals surface area contributed by atoms with Crippen molar-refractivity contribution in [2.24, 2.45) is 17.3 Å². The van der Waals surface area contributed by atoms with Gasteiger partial charge in [-0.15, -0.1) is 0 Å². The van der Waals surface area contributed by atoms with Crippen LogP contribution in [0.3, 0.4) is 0 Å². The monoisotopic (exact) mass is 170 g/mol. The van der Waals surface area contributed by atoms with Gasteiger partial charge in [0, 0.05) is 6.42 Å². The van der Waals surface area contributed by atoms with Gasteiger partial charge in [0.15, 0.2) is 0 Å². The predicted molar refractivity (Wildman–Crippen MR) is 53.1 cm³/mol. The third kappa shape index (κ3) is 4.53. The van der Waals surface area contributed by atoms with Crippen molar-refractivity contribution in [3.63, 3.8) is 0 Å². The van der Waals surface area contributed by atoms with Crippen LogP contribution in [0.5, 0.6) is 0 Å². The van der Waals surface area contributed by atoms with Gasteiger partial charge in [0.05, 0.1) is 0 Å². The largest absolute Gasteiger partial charge is 0.303 e. The second kappa shape index (κ2) is 4.64. The predicted octanol–water partition coefficient (Wildman–Crippen LogP) is 3.28. The molecule has 1 nitrogen and oxygen atoms in total. The van der Waals surface area contributed by atoms with Crippen LogP contribution in [0.15, 0.2) is 0 Å². The van der Waals surface area contributed by atoms with E-state index in [-0.39, 0.29) is 0 Å². The molecule has 0 aromatic heterocycles. The second-order valence-electron chi connectivity index (χ2n) is 5.01. The summed E-state index contributed by atoms with van der Waals surface area (Å²) in [7, 11) is 0. The lowest BCUT2D eigenvalue weighted by Crippen LogP contribution is -2.19. The van der Waals surface area contributed by atoms with Crippen molar-refractivity contribution in [1.82, 2.24) is 0 Å². The van der Waals surface area contributed by atoms with E-state index in [1.54, 1.807) is 0 Å². The van der Waals surface area contributed by atoms with Gasteiger partial charge < -0.3 is 4.79 Å². The molecular weight excluding hydrogens is 148 g/mol. The summed E-state index contributed by atoms with van der Waals surface area (Å²) in [6, 6.07) is 0. The first kappa shape index (κ1) is 11.7. The topological polar surface area (TPSA) is 17.1 Å². The molecule has 0 unspecified atom stereocenters. The van der Waals surface area contributed by atoms with Crippen molar-refractivity contribution in [3.05, 3.63) is 0 Å². The SMILES string of the molecule is C[C@@H](CC=O)C[C@H](C)C(C)(C)C. The molecule has 0 saturated carbocycles. The summed E-state index contributed by atoms with van der Waals surface area (Å²) in [5.74, 6) is 1.23. The zero-order valence-corrected chi connectivity index (χ0v) is 9.05. The van der Waals surface area contributed by atoms with Crippen LogP contribution in [0.1, 0.15) is 47.5 Å². The average Bonchev–Trinajstić information content (AvgIpc) is 1.85. The van der Waals surface area contributed by atoms with E-state index in [0.717, 1.165) is 12.7 Å². The smallest absolute Gasteiger partial charge is 0.120 e. The Labute approximate surface area is 76.6 Å². The highest BCUT2D eigenvalue weighted by atomic mass is 16.1. The quantitative estimate of drug-likeness (QED) is 0.592. The number of rotatable bonds is 4. The molecule has 72 valence electrons. The van der Waals surface area contributed by atoms with Crippen molar-refractivity contribution in [3.8, 4) is 0 Å². The molecule has 0 N–H and O–H groups in total. The van der Waals surface area contributed by atoms with E-state index in [2.05, 4.69) is 34.6 Å². The minimum absolute atomic E-state index is 0.372. The lowest BCUT2D eigenvalue weighted by Gasteiger charge is -2.29. The molecule has 0 aliphatic heterocycles. The Morgan fingerprint density at radius 1 is 1.25 bits per heavy atom. The molecule has 0 heterocycles. The molecule has 0 fully saturated rings. The van der Waals surface area contributed by atoms with Crippen LogP contribution in [-0.2, 0) is 4.79 Å². The average molecular weight is 170 g/mol. The number of aldehydes is 1. The van der Waals surface area contributed by atoms with E-state index in [9.17, 15) is 4.79 Å². The Balaban J connectivity index is 3.83. The van der Waals surface area contributed by atoms with Gasteiger partial charge in [0.1, 0.15) is 6.29 Å². The Hall–Kier alpha value is -0.330. The van der Waals surface area contributed by atoms with Gasteiger partial charge in [0.25, 0.3) is 0 Å². The Bertz CT molecular complexity index is 132. The third-order valence-corrected chi connectivity index (χ3v) is 2.73. The minimum atomic E-state index is 0.372. The number of hydrogen-bond donors (Lipinski definition) is 0. The van der Waals surface area contributed by atoms with E-state index in [4.69, 9.17) is 0 Å². The molecule has 0 saturated heterocycles. The van der Waals surface area contributed by atoms with E-state index in [1.807, 2.05) is 0 Å². The molecule has 0 radical (unpaired) electrons. The number of hydrogen-bond acceptors (Lipinski definition) is 1. The fourth-order valence-corrected chi connectivity index (χ4v) is 1.22. The third-order valence-electron chi connectivity index (χ3n) is 2.73. The van der Waals surface area contributed by atoms with Gasteiger partial charge in [-0.05, 0) is 23.7 Å². The van der Waals surface area contributed by atoms with Gasteiger partial charge >= 0.3 is 0 Å². The molecule has 0 spiro atoms. The Morgan fingerprint density at radius 2 is 1.75 bits per heavy atom. The molecule has 1 heteroatoms. The van der Waals surface area contributed by atoms with Gasteiger partial charge in [-0.2, -0.15) is 0 Å². The lowest BCUT2D eigenvalue weighted by atomic mass is 9.77. The van der Waals surface area contributed by atoms with Gasteiger partial charge in [-0.1, -0.05) is 34.6 Å². The molecule has 0 rings (SSSR count). The highest BCUT2D eigenvalue weighted by molar-refractivity contribution is 5.49. The van der Waals surface area contributed by atoms with Crippen LogP contribution in [0, 0.1) is 17.3 Å². The molecule has 0 aromatic carbocycles. The summed E-state index contributed by atoms with van der Waals surface area (Å²) in [6.45, 7) is 11.2. The molecule has 12 heavy (non-hydrogen) atoms. The van der Waals surface area contributed by atoms with E-state index in [1.165, 1.54) is 0 Å². The van der Waals surface area contributed by atoms with Crippen molar-refractivity contribution in [1.29, 1.82) is 0 Å². The first-order valence-corrected chi connectivity index (χ1v) is 4.81. The fourth-order valence-electron chi connectivity index (χ4n) is 1.22. The second-order valence-corrected chi connectivity index (χ2v) is 5.01. The summed E-state index contributed by atoms with van der Waals surface area (Å²) in [6.07, 6.45) is 2.89. The molecular formula is C11H22O. The van der Waals surface area contributed by atoms with Crippen molar-refractivity contribution >= 4 is 6.29 Å². The molecule has 0 aliphatic rings. The number of carbonyl (C=O) groups excluding carboxylic acids is 1. The van der Waals surface area contributed by atoms with Gasteiger partial charge in [-0.3, -0.25) is 0 Å². The van der Waals surface area contributed by atoms with E-state index >= 15 is 0 Å². The highest BCUT2D eigenvalue weighted by Gasteiger charge is 2.21. The molecule has 0 bridgehead atoms. The number of carbonyl (C=O) groups is 1. The molecule has 0 amide bonds. The minimum Gasteiger partial charge on any atom is -0.303 e. The Morgan fingerprint density at radius 3 is 2.08 bits per heavy atom.